The second kappa shape index (κ2) is 4.97. The maximum atomic E-state index is 11.7. The van der Waals surface area contributed by atoms with Crippen LogP contribution < -0.4 is 16.0 Å². The molecule has 1 aliphatic heterocycles. The van der Waals surface area contributed by atoms with Crippen LogP contribution in [0, 0.1) is 0 Å². The lowest BCUT2D eigenvalue weighted by atomic mass is 10.1. The van der Waals surface area contributed by atoms with Crippen LogP contribution in [0.15, 0.2) is 18.2 Å². The molecule has 0 bridgehead atoms. The van der Waals surface area contributed by atoms with Crippen molar-refractivity contribution in [1.29, 1.82) is 0 Å². The molecule has 17 heavy (non-hydrogen) atoms. The van der Waals surface area contributed by atoms with Crippen molar-refractivity contribution >= 4 is 17.5 Å². The van der Waals surface area contributed by atoms with Gasteiger partial charge in [-0.05, 0) is 24.7 Å². The first kappa shape index (κ1) is 11.6. The maximum Gasteiger partial charge on any atom is 0.251 e. The smallest absolute Gasteiger partial charge is 0.251 e. The lowest BCUT2D eigenvalue weighted by Crippen LogP contribution is -2.30. The van der Waals surface area contributed by atoms with Crippen molar-refractivity contribution in [2.24, 2.45) is 0 Å². The van der Waals surface area contributed by atoms with Crippen LogP contribution >= 0.6 is 0 Å². The molecule has 0 radical (unpaired) electrons. The molecule has 0 atom stereocenters. The normalized spacial score (nSPS) is 13.1. The predicted molar refractivity (Wildman–Crippen MR) is 65.0 cm³/mol. The number of hydrogen-bond acceptors (Lipinski definition) is 3. The van der Waals surface area contributed by atoms with Crippen LogP contribution in [0.2, 0.25) is 0 Å². The van der Waals surface area contributed by atoms with E-state index >= 15 is 0 Å². The zero-order valence-electron chi connectivity index (χ0n) is 9.67. The molecule has 0 unspecified atom stereocenters. The molecule has 1 heterocycles. The Hall–Kier alpha value is -1.88. The van der Waals surface area contributed by atoms with Crippen LogP contribution in [0.4, 0.5) is 5.69 Å². The van der Waals surface area contributed by atoms with E-state index in [1.54, 1.807) is 12.1 Å². The molecule has 3 N–H and O–H groups in total. The molecule has 0 fully saturated rings. The fourth-order valence-corrected chi connectivity index (χ4v) is 1.76. The number of carbonyl (C=O) groups is 2. The van der Waals surface area contributed by atoms with Crippen LogP contribution in [0.3, 0.4) is 0 Å². The fraction of sp³-hybridized carbons (Fsp3) is 0.333. The van der Waals surface area contributed by atoms with Crippen molar-refractivity contribution < 1.29 is 9.59 Å². The van der Waals surface area contributed by atoms with Crippen LogP contribution in [0.25, 0.3) is 0 Å². The van der Waals surface area contributed by atoms with Gasteiger partial charge in [-0.3, -0.25) is 9.59 Å². The van der Waals surface area contributed by atoms with Gasteiger partial charge in [-0.25, -0.2) is 0 Å². The molecule has 0 saturated heterocycles. The van der Waals surface area contributed by atoms with E-state index in [0.717, 1.165) is 17.8 Å². The van der Waals surface area contributed by atoms with E-state index in [9.17, 15) is 9.59 Å². The summed E-state index contributed by atoms with van der Waals surface area (Å²) in [5, 5.41) is 8.47. The molecule has 0 spiro atoms. The van der Waals surface area contributed by atoms with Crippen molar-refractivity contribution in [3.63, 3.8) is 0 Å². The third-order valence-electron chi connectivity index (χ3n) is 2.66. The SMILES string of the molecule is CNCCNC(=O)c1ccc2c(c1)NC(=O)C2. The minimum atomic E-state index is -0.121. The number of rotatable bonds is 4. The standard InChI is InChI=1S/C12H15N3O2/c1-13-4-5-14-12(17)9-3-2-8-7-11(16)15-10(8)6-9/h2-3,6,13H,4-5,7H2,1H3,(H,14,17)(H,15,16). The van der Waals surface area contributed by atoms with Crippen LogP contribution in [-0.4, -0.2) is 32.0 Å². The molecule has 0 saturated carbocycles. The molecular weight excluding hydrogens is 218 g/mol. The van der Waals surface area contributed by atoms with Crippen LogP contribution in [0.1, 0.15) is 15.9 Å². The Morgan fingerprint density at radius 3 is 3.00 bits per heavy atom. The monoisotopic (exact) mass is 233 g/mol. The average Bonchev–Trinajstić information content (AvgIpc) is 2.68. The topological polar surface area (TPSA) is 70.2 Å². The molecule has 5 nitrogen and oxygen atoms in total. The molecule has 2 rings (SSSR count). The van der Waals surface area contributed by atoms with E-state index in [2.05, 4.69) is 16.0 Å². The molecule has 1 aromatic carbocycles. The van der Waals surface area contributed by atoms with Gasteiger partial charge in [-0.2, -0.15) is 0 Å². The summed E-state index contributed by atoms with van der Waals surface area (Å²) in [7, 11) is 1.83. The predicted octanol–water partition coefficient (Wildman–Crippen LogP) is 0.130. The summed E-state index contributed by atoms with van der Waals surface area (Å²) in [6, 6.07) is 5.28. The zero-order chi connectivity index (χ0) is 12.3. The largest absolute Gasteiger partial charge is 0.351 e. The van der Waals surface area contributed by atoms with Crippen molar-refractivity contribution in [3.05, 3.63) is 29.3 Å². The van der Waals surface area contributed by atoms with Gasteiger partial charge in [-0.15, -0.1) is 0 Å². The Balaban J connectivity index is 2.05. The van der Waals surface area contributed by atoms with E-state index in [-0.39, 0.29) is 11.8 Å². The second-order valence-corrected chi connectivity index (χ2v) is 3.96. The average molecular weight is 233 g/mol. The molecule has 1 aliphatic rings. The number of likely N-dealkylation sites (N-methyl/N-ethyl adjacent to an activating group) is 1. The molecule has 0 aromatic heterocycles. The first-order valence-electron chi connectivity index (χ1n) is 5.56. The molecule has 5 heteroatoms. The second-order valence-electron chi connectivity index (χ2n) is 3.96. The summed E-state index contributed by atoms with van der Waals surface area (Å²) >= 11 is 0. The number of benzene rings is 1. The third kappa shape index (κ3) is 2.62. The third-order valence-corrected chi connectivity index (χ3v) is 2.66. The highest BCUT2D eigenvalue weighted by Gasteiger charge is 2.18. The van der Waals surface area contributed by atoms with Gasteiger partial charge in [0.05, 0.1) is 6.42 Å². The molecule has 90 valence electrons. The number of carbonyl (C=O) groups excluding carboxylic acids is 2. The Morgan fingerprint density at radius 1 is 1.41 bits per heavy atom. The van der Waals surface area contributed by atoms with Gasteiger partial charge in [0.1, 0.15) is 0 Å². The van der Waals surface area contributed by atoms with E-state index in [1.165, 1.54) is 0 Å². The van der Waals surface area contributed by atoms with Gasteiger partial charge in [0.2, 0.25) is 5.91 Å². The highest BCUT2D eigenvalue weighted by Crippen LogP contribution is 2.23. The Kier molecular flexibility index (Phi) is 3.39. The number of fused-ring (bicyclic) bond motifs is 1. The van der Waals surface area contributed by atoms with Crippen LogP contribution in [0.5, 0.6) is 0 Å². The van der Waals surface area contributed by atoms with Crippen molar-refractivity contribution in [2.45, 2.75) is 6.42 Å². The van der Waals surface area contributed by atoms with Gasteiger partial charge in [0.15, 0.2) is 0 Å². The van der Waals surface area contributed by atoms with E-state index in [0.29, 0.717) is 18.5 Å². The maximum absolute atomic E-state index is 11.7. The summed E-state index contributed by atoms with van der Waals surface area (Å²) in [6.07, 6.45) is 0.400. The zero-order valence-corrected chi connectivity index (χ0v) is 9.67. The number of nitrogens with one attached hydrogen (secondary N) is 3. The Morgan fingerprint density at radius 2 is 2.24 bits per heavy atom. The van der Waals surface area contributed by atoms with Crippen molar-refractivity contribution in [2.75, 3.05) is 25.5 Å². The van der Waals surface area contributed by atoms with E-state index in [1.807, 2.05) is 13.1 Å². The Labute approximate surface area is 99.6 Å². The minimum Gasteiger partial charge on any atom is -0.351 e. The quantitative estimate of drug-likeness (QED) is 0.647. The van der Waals surface area contributed by atoms with Gasteiger partial charge in [-0.1, -0.05) is 6.07 Å². The minimum absolute atomic E-state index is 0.0206. The molecule has 2 amide bonds. The summed E-state index contributed by atoms with van der Waals surface area (Å²) in [5.41, 5.74) is 2.26. The highest BCUT2D eigenvalue weighted by atomic mass is 16.2. The number of amides is 2. The summed E-state index contributed by atoms with van der Waals surface area (Å²) < 4.78 is 0. The number of anilines is 1. The first-order chi connectivity index (χ1) is 8.20. The lowest BCUT2D eigenvalue weighted by Gasteiger charge is -2.06. The van der Waals surface area contributed by atoms with E-state index < -0.39 is 0 Å². The van der Waals surface area contributed by atoms with Gasteiger partial charge in [0.25, 0.3) is 5.91 Å². The van der Waals surface area contributed by atoms with Crippen LogP contribution in [-0.2, 0) is 11.2 Å². The summed E-state index contributed by atoms with van der Waals surface area (Å²) in [4.78, 5) is 22.9. The number of hydrogen-bond donors (Lipinski definition) is 3. The van der Waals surface area contributed by atoms with Gasteiger partial charge < -0.3 is 16.0 Å². The van der Waals surface area contributed by atoms with Gasteiger partial charge in [0, 0.05) is 24.3 Å². The van der Waals surface area contributed by atoms with E-state index in [4.69, 9.17) is 0 Å². The summed E-state index contributed by atoms with van der Waals surface area (Å²) in [6.45, 7) is 1.31. The Bertz CT molecular complexity index is 457. The molecule has 1 aromatic rings. The fourth-order valence-electron chi connectivity index (χ4n) is 1.76. The first-order valence-corrected chi connectivity index (χ1v) is 5.56. The van der Waals surface area contributed by atoms with Gasteiger partial charge >= 0.3 is 0 Å². The lowest BCUT2D eigenvalue weighted by molar-refractivity contribution is -0.115. The van der Waals surface area contributed by atoms with Crippen molar-refractivity contribution in [1.82, 2.24) is 10.6 Å². The summed E-state index contributed by atoms with van der Waals surface area (Å²) in [5.74, 6) is -0.142. The highest BCUT2D eigenvalue weighted by molar-refractivity contribution is 6.02. The molecular formula is C12H15N3O2. The molecule has 0 aliphatic carbocycles. The van der Waals surface area contributed by atoms with Crippen molar-refractivity contribution in [3.8, 4) is 0 Å².